The minimum absolute atomic E-state index is 0.589. The number of alkyl halides is 1. The van der Waals surface area contributed by atoms with Gasteiger partial charge < -0.3 is 4.90 Å². The minimum atomic E-state index is 0.589. The Morgan fingerprint density at radius 2 is 2.33 bits per heavy atom. The highest BCUT2D eigenvalue weighted by molar-refractivity contribution is 6.17. The van der Waals surface area contributed by atoms with Crippen LogP contribution in [0.2, 0.25) is 0 Å². The smallest absolute Gasteiger partial charge is 0.128 e. The van der Waals surface area contributed by atoms with Gasteiger partial charge >= 0.3 is 0 Å². The Morgan fingerprint density at radius 3 is 3.07 bits per heavy atom. The number of halogens is 1. The molecular weight excluding hydrogens is 208 g/mol. The molecule has 0 radical (unpaired) electrons. The number of hydrogen-bond acceptors (Lipinski definition) is 2. The minimum Gasteiger partial charge on any atom is -0.354 e. The summed E-state index contributed by atoms with van der Waals surface area (Å²) in [5.74, 6) is 1.85. The van der Waals surface area contributed by atoms with Gasteiger partial charge in [-0.2, -0.15) is 0 Å². The summed E-state index contributed by atoms with van der Waals surface area (Å²) in [5.41, 5.74) is 0. The van der Waals surface area contributed by atoms with E-state index in [0.29, 0.717) is 6.04 Å². The first kappa shape index (κ1) is 10.7. The molecule has 0 saturated carbocycles. The summed E-state index contributed by atoms with van der Waals surface area (Å²) in [6.45, 7) is 1.12. The summed E-state index contributed by atoms with van der Waals surface area (Å²) < 4.78 is 0. The molecule has 0 aliphatic carbocycles. The van der Waals surface area contributed by atoms with Crippen molar-refractivity contribution < 1.29 is 0 Å². The van der Waals surface area contributed by atoms with Crippen LogP contribution in [0.3, 0.4) is 0 Å². The number of nitrogens with zero attached hydrogens (tertiary/aromatic N) is 2. The van der Waals surface area contributed by atoms with Gasteiger partial charge in [0.05, 0.1) is 0 Å². The molecule has 1 saturated heterocycles. The van der Waals surface area contributed by atoms with Gasteiger partial charge in [-0.15, -0.1) is 11.6 Å². The van der Waals surface area contributed by atoms with Crippen LogP contribution >= 0.6 is 11.6 Å². The lowest BCUT2D eigenvalue weighted by Crippen LogP contribution is -2.40. The summed E-state index contributed by atoms with van der Waals surface area (Å²) >= 11 is 5.84. The lowest BCUT2D eigenvalue weighted by atomic mass is 10.00. The zero-order chi connectivity index (χ0) is 10.5. The molecule has 0 N–H and O–H groups in total. The van der Waals surface area contributed by atoms with Crippen molar-refractivity contribution in [3.63, 3.8) is 0 Å². The number of piperidine rings is 1. The average molecular weight is 225 g/mol. The van der Waals surface area contributed by atoms with Crippen LogP contribution in [0.5, 0.6) is 0 Å². The zero-order valence-electron chi connectivity index (χ0n) is 8.90. The molecular formula is C12H17ClN2. The number of rotatable bonds is 3. The molecule has 1 aliphatic rings. The van der Waals surface area contributed by atoms with E-state index in [0.717, 1.165) is 24.7 Å². The van der Waals surface area contributed by atoms with Crippen molar-refractivity contribution in [2.45, 2.75) is 31.7 Å². The van der Waals surface area contributed by atoms with Crippen LogP contribution in [0.1, 0.15) is 25.7 Å². The van der Waals surface area contributed by atoms with E-state index in [9.17, 15) is 0 Å². The Morgan fingerprint density at radius 1 is 1.40 bits per heavy atom. The third-order valence-corrected chi connectivity index (χ3v) is 3.23. The van der Waals surface area contributed by atoms with Gasteiger partial charge in [-0.25, -0.2) is 4.98 Å². The topological polar surface area (TPSA) is 16.1 Å². The Bertz CT molecular complexity index is 287. The molecule has 82 valence electrons. The standard InChI is InChI=1S/C12H17ClN2/c13-8-7-11-5-2-4-10-15(11)12-6-1-3-9-14-12/h1,3,6,9,11H,2,4-5,7-8,10H2. The molecule has 0 bridgehead atoms. The molecule has 3 heteroatoms. The van der Waals surface area contributed by atoms with Gasteiger partial charge in [0.15, 0.2) is 0 Å². The van der Waals surface area contributed by atoms with Crippen molar-refractivity contribution in [3.05, 3.63) is 24.4 Å². The van der Waals surface area contributed by atoms with Crippen LogP contribution in [-0.4, -0.2) is 23.5 Å². The Hall–Kier alpha value is -0.760. The van der Waals surface area contributed by atoms with Crippen LogP contribution in [0.4, 0.5) is 5.82 Å². The van der Waals surface area contributed by atoms with Crippen molar-refractivity contribution in [1.29, 1.82) is 0 Å². The number of pyridine rings is 1. The average Bonchev–Trinajstić information content (AvgIpc) is 2.31. The molecule has 2 nitrogen and oxygen atoms in total. The van der Waals surface area contributed by atoms with E-state index in [4.69, 9.17) is 11.6 Å². The van der Waals surface area contributed by atoms with Gasteiger partial charge in [-0.05, 0) is 37.8 Å². The zero-order valence-corrected chi connectivity index (χ0v) is 9.66. The third kappa shape index (κ3) is 2.63. The van der Waals surface area contributed by atoms with Crippen molar-refractivity contribution >= 4 is 17.4 Å². The normalized spacial score (nSPS) is 21.7. The van der Waals surface area contributed by atoms with Gasteiger partial charge in [0.25, 0.3) is 0 Å². The number of aromatic nitrogens is 1. The van der Waals surface area contributed by atoms with E-state index in [-0.39, 0.29) is 0 Å². The highest BCUT2D eigenvalue weighted by Crippen LogP contribution is 2.24. The summed E-state index contributed by atoms with van der Waals surface area (Å²) in [5, 5.41) is 0. The van der Waals surface area contributed by atoms with E-state index in [1.54, 1.807) is 0 Å². The summed E-state index contributed by atoms with van der Waals surface area (Å²) in [6.07, 6.45) is 6.78. The highest BCUT2D eigenvalue weighted by Gasteiger charge is 2.22. The fourth-order valence-electron chi connectivity index (χ4n) is 2.25. The van der Waals surface area contributed by atoms with E-state index in [2.05, 4.69) is 22.0 Å². The second kappa shape index (κ2) is 5.36. The van der Waals surface area contributed by atoms with Crippen LogP contribution in [0.15, 0.2) is 24.4 Å². The molecule has 1 aliphatic heterocycles. The van der Waals surface area contributed by atoms with Crippen molar-refractivity contribution in [3.8, 4) is 0 Å². The second-order valence-electron chi connectivity index (χ2n) is 4.01. The molecule has 2 rings (SSSR count). The lowest BCUT2D eigenvalue weighted by molar-refractivity contribution is 0.448. The van der Waals surface area contributed by atoms with Gasteiger partial charge in [0.1, 0.15) is 5.82 Å². The summed E-state index contributed by atoms with van der Waals surface area (Å²) in [7, 11) is 0. The fraction of sp³-hybridized carbons (Fsp3) is 0.583. The van der Waals surface area contributed by atoms with Gasteiger partial charge in [0, 0.05) is 24.7 Å². The van der Waals surface area contributed by atoms with Crippen molar-refractivity contribution in [2.75, 3.05) is 17.3 Å². The fourth-order valence-corrected chi connectivity index (χ4v) is 2.50. The molecule has 0 amide bonds. The molecule has 1 aromatic heterocycles. The maximum absolute atomic E-state index is 5.84. The third-order valence-electron chi connectivity index (χ3n) is 3.01. The highest BCUT2D eigenvalue weighted by atomic mass is 35.5. The summed E-state index contributed by atoms with van der Waals surface area (Å²) in [4.78, 5) is 6.83. The molecule has 0 aromatic carbocycles. The quantitative estimate of drug-likeness (QED) is 0.734. The van der Waals surface area contributed by atoms with Gasteiger partial charge in [-0.1, -0.05) is 6.07 Å². The molecule has 1 fully saturated rings. The molecule has 1 unspecified atom stereocenters. The molecule has 0 spiro atoms. The van der Waals surface area contributed by atoms with E-state index >= 15 is 0 Å². The molecule has 1 atom stereocenters. The van der Waals surface area contributed by atoms with Gasteiger partial charge in [0.2, 0.25) is 0 Å². The van der Waals surface area contributed by atoms with Crippen molar-refractivity contribution in [2.24, 2.45) is 0 Å². The van der Waals surface area contributed by atoms with Crippen LogP contribution in [-0.2, 0) is 0 Å². The maximum atomic E-state index is 5.84. The molecule has 1 aromatic rings. The second-order valence-corrected chi connectivity index (χ2v) is 4.39. The van der Waals surface area contributed by atoms with E-state index in [1.807, 2.05) is 12.3 Å². The van der Waals surface area contributed by atoms with Crippen LogP contribution in [0.25, 0.3) is 0 Å². The van der Waals surface area contributed by atoms with E-state index in [1.165, 1.54) is 19.3 Å². The van der Waals surface area contributed by atoms with E-state index < -0.39 is 0 Å². The Balaban J connectivity index is 2.11. The van der Waals surface area contributed by atoms with Gasteiger partial charge in [-0.3, -0.25) is 0 Å². The Kier molecular flexibility index (Phi) is 3.84. The van der Waals surface area contributed by atoms with Crippen LogP contribution in [0, 0.1) is 0 Å². The predicted molar refractivity (Wildman–Crippen MR) is 64.6 cm³/mol. The largest absolute Gasteiger partial charge is 0.354 e. The number of hydrogen-bond donors (Lipinski definition) is 0. The SMILES string of the molecule is ClCCC1CCCCN1c1ccccn1. The molecule has 2 heterocycles. The summed E-state index contributed by atoms with van der Waals surface area (Å²) in [6, 6.07) is 6.69. The Labute approximate surface area is 96.3 Å². The first-order valence-corrected chi connectivity index (χ1v) is 6.19. The van der Waals surface area contributed by atoms with Crippen molar-refractivity contribution in [1.82, 2.24) is 4.98 Å². The predicted octanol–water partition coefficient (Wildman–Crippen LogP) is 3.07. The monoisotopic (exact) mass is 224 g/mol. The number of anilines is 1. The van der Waals surface area contributed by atoms with Crippen LogP contribution < -0.4 is 4.90 Å². The molecule has 15 heavy (non-hydrogen) atoms. The first-order chi connectivity index (χ1) is 7.42. The maximum Gasteiger partial charge on any atom is 0.128 e. The first-order valence-electron chi connectivity index (χ1n) is 5.65. The lowest BCUT2D eigenvalue weighted by Gasteiger charge is -2.36.